The Kier molecular flexibility index (Phi) is 5.23. The lowest BCUT2D eigenvalue weighted by Gasteiger charge is -2.33. The fraction of sp³-hybridized carbons (Fsp3) is 0.231. The van der Waals surface area contributed by atoms with Gasteiger partial charge in [0.2, 0.25) is 11.8 Å². The number of hydrogen-bond acceptors (Lipinski definition) is 8. The van der Waals surface area contributed by atoms with Gasteiger partial charge in [0.05, 0.1) is 5.39 Å². The number of nitriles is 1. The number of rotatable bonds is 2. The summed E-state index contributed by atoms with van der Waals surface area (Å²) in [6.45, 7) is 4.70. The molecule has 5 rings (SSSR count). The van der Waals surface area contributed by atoms with Crippen molar-refractivity contribution in [1.29, 1.82) is 5.26 Å². The lowest BCUT2D eigenvalue weighted by molar-refractivity contribution is -0.153. The number of carbonyl (C=O) groups excluding carboxylic acids is 2. The Morgan fingerprint density at radius 1 is 1.22 bits per heavy atom. The van der Waals surface area contributed by atoms with Crippen LogP contribution in [-0.2, 0) is 19.7 Å². The van der Waals surface area contributed by atoms with Crippen molar-refractivity contribution in [3.05, 3.63) is 79.9 Å². The molecule has 0 fully saturated rings. The summed E-state index contributed by atoms with van der Waals surface area (Å²) in [6.07, 6.45) is 0. The zero-order valence-electron chi connectivity index (χ0n) is 19.5. The predicted octanol–water partition coefficient (Wildman–Crippen LogP) is 3.62. The zero-order chi connectivity index (χ0) is 26.0. The third kappa shape index (κ3) is 3.31. The Labute approximate surface area is 213 Å². The van der Waals surface area contributed by atoms with Gasteiger partial charge in [-0.15, -0.1) is 0 Å². The molecular formula is C26H20BrN3O6. The Balaban J connectivity index is 1.85. The van der Waals surface area contributed by atoms with Gasteiger partial charge < -0.3 is 19.6 Å². The fourth-order valence-corrected chi connectivity index (χ4v) is 5.14. The van der Waals surface area contributed by atoms with Gasteiger partial charge in [-0.2, -0.15) is 5.26 Å². The van der Waals surface area contributed by atoms with Gasteiger partial charge in [-0.1, -0.05) is 28.1 Å². The molecule has 2 aromatic carbocycles. The second-order valence-electron chi connectivity index (χ2n) is 9.43. The van der Waals surface area contributed by atoms with E-state index in [2.05, 4.69) is 15.9 Å². The van der Waals surface area contributed by atoms with Crippen LogP contribution in [0.2, 0.25) is 0 Å². The minimum absolute atomic E-state index is 0.0248. The lowest BCUT2D eigenvalue weighted by atomic mass is 9.69. The predicted molar refractivity (Wildman–Crippen MR) is 133 cm³/mol. The summed E-state index contributed by atoms with van der Waals surface area (Å²) in [6, 6.07) is 13.6. The van der Waals surface area contributed by atoms with E-state index in [1.165, 1.54) is 4.90 Å². The van der Waals surface area contributed by atoms with Gasteiger partial charge >= 0.3 is 11.6 Å². The van der Waals surface area contributed by atoms with Gasteiger partial charge in [-0.05, 0) is 51.1 Å². The van der Waals surface area contributed by atoms with Crippen LogP contribution >= 0.6 is 15.9 Å². The number of esters is 1. The number of nitrogens with two attached hydrogens (primary N) is 1. The Morgan fingerprint density at radius 3 is 2.64 bits per heavy atom. The van der Waals surface area contributed by atoms with Gasteiger partial charge in [0, 0.05) is 15.7 Å². The van der Waals surface area contributed by atoms with E-state index < -0.39 is 35.1 Å². The molecule has 182 valence electrons. The van der Waals surface area contributed by atoms with E-state index in [4.69, 9.17) is 19.6 Å². The van der Waals surface area contributed by atoms with Crippen LogP contribution < -0.4 is 21.0 Å². The van der Waals surface area contributed by atoms with Crippen LogP contribution in [0.4, 0.5) is 5.69 Å². The molecule has 0 radical (unpaired) electrons. The number of ether oxygens (including phenoxy) is 2. The molecule has 3 heterocycles. The zero-order valence-corrected chi connectivity index (χ0v) is 21.1. The molecule has 2 aliphatic heterocycles. The monoisotopic (exact) mass is 549 g/mol. The molecule has 3 aromatic rings. The quantitative estimate of drug-likeness (QED) is 0.378. The van der Waals surface area contributed by atoms with Crippen molar-refractivity contribution in [2.45, 2.75) is 31.8 Å². The van der Waals surface area contributed by atoms with Crippen LogP contribution in [0.3, 0.4) is 0 Å². The van der Waals surface area contributed by atoms with E-state index in [-0.39, 0.29) is 33.9 Å². The Bertz CT molecular complexity index is 1610. The number of fused-ring (bicyclic) bond motifs is 6. The van der Waals surface area contributed by atoms with Crippen molar-refractivity contribution >= 4 is 44.5 Å². The Morgan fingerprint density at radius 2 is 1.94 bits per heavy atom. The summed E-state index contributed by atoms with van der Waals surface area (Å²) in [5.41, 5.74) is 2.99. The summed E-state index contributed by atoms with van der Waals surface area (Å²) < 4.78 is 17.4. The molecule has 9 nitrogen and oxygen atoms in total. The first kappa shape index (κ1) is 23.6. The fourth-order valence-electron chi connectivity index (χ4n) is 4.77. The third-order valence-electron chi connectivity index (χ3n) is 6.01. The number of amides is 1. The van der Waals surface area contributed by atoms with Gasteiger partial charge in [-0.3, -0.25) is 14.5 Å². The summed E-state index contributed by atoms with van der Waals surface area (Å²) >= 11 is 3.42. The van der Waals surface area contributed by atoms with Gasteiger partial charge in [0.1, 0.15) is 34.9 Å². The number of para-hydroxylation sites is 1. The minimum Gasteiger partial charge on any atom is -0.459 e. The Hall–Kier alpha value is -4.10. The molecule has 1 atom stereocenters. The first-order valence-corrected chi connectivity index (χ1v) is 11.8. The summed E-state index contributed by atoms with van der Waals surface area (Å²) in [4.78, 5) is 41.8. The maximum Gasteiger partial charge on any atom is 0.345 e. The highest BCUT2D eigenvalue weighted by Crippen LogP contribution is 2.55. The maximum absolute atomic E-state index is 14.3. The molecule has 2 N–H and O–H groups in total. The number of benzene rings is 2. The van der Waals surface area contributed by atoms with Crippen molar-refractivity contribution in [1.82, 2.24) is 0 Å². The van der Waals surface area contributed by atoms with Gasteiger partial charge in [0.25, 0.3) is 0 Å². The van der Waals surface area contributed by atoms with Crippen molar-refractivity contribution in [2.24, 2.45) is 5.73 Å². The molecule has 0 saturated carbocycles. The molecule has 1 amide bonds. The molecular weight excluding hydrogens is 530 g/mol. The molecule has 1 unspecified atom stereocenters. The molecule has 1 aromatic heterocycles. The van der Waals surface area contributed by atoms with E-state index in [0.29, 0.717) is 15.5 Å². The SMILES string of the molecule is CC(C)(C)OC(=O)CN1C(=O)C2(C(C#N)=C(N)Oc3c2c(=O)oc2ccccc32)c2cc(Br)ccc21. The van der Waals surface area contributed by atoms with Gasteiger partial charge in [-0.25, -0.2) is 4.79 Å². The third-order valence-corrected chi connectivity index (χ3v) is 6.51. The highest BCUT2D eigenvalue weighted by molar-refractivity contribution is 9.10. The van der Waals surface area contributed by atoms with Crippen LogP contribution in [0, 0.1) is 11.3 Å². The second-order valence-corrected chi connectivity index (χ2v) is 10.3. The molecule has 1 spiro atoms. The van der Waals surface area contributed by atoms with Crippen LogP contribution in [0.25, 0.3) is 11.0 Å². The summed E-state index contributed by atoms with van der Waals surface area (Å²) in [5.74, 6) is -1.67. The highest BCUT2D eigenvalue weighted by atomic mass is 79.9. The highest BCUT2D eigenvalue weighted by Gasteiger charge is 2.61. The van der Waals surface area contributed by atoms with Crippen LogP contribution in [0.15, 0.2) is 67.6 Å². The first-order chi connectivity index (χ1) is 17.0. The summed E-state index contributed by atoms with van der Waals surface area (Å²) in [7, 11) is 0. The van der Waals surface area contributed by atoms with Gasteiger partial charge in [0.15, 0.2) is 11.2 Å². The average Bonchev–Trinajstić information content (AvgIpc) is 3.01. The van der Waals surface area contributed by atoms with E-state index in [0.717, 1.165) is 0 Å². The molecule has 0 aliphatic carbocycles. The average molecular weight is 550 g/mol. The number of nitrogens with zero attached hydrogens (tertiary/aromatic N) is 2. The molecule has 0 bridgehead atoms. The number of hydrogen-bond donors (Lipinski definition) is 1. The molecule has 36 heavy (non-hydrogen) atoms. The van der Waals surface area contributed by atoms with Crippen LogP contribution in [0.1, 0.15) is 31.9 Å². The number of carbonyl (C=O) groups is 2. The standard InChI is InChI=1S/C26H20BrN3O6/c1-25(2,3)36-19(31)12-30-17-9-8-13(27)10-15(17)26(24(30)33)16(11-28)22(29)35-21-14-6-4-5-7-18(14)34-23(32)20(21)26/h4-10H,12,29H2,1-3H3. The number of halogens is 1. The maximum atomic E-state index is 14.3. The second kappa shape index (κ2) is 7.96. The van der Waals surface area contributed by atoms with E-state index in [1.54, 1.807) is 63.2 Å². The largest absolute Gasteiger partial charge is 0.459 e. The smallest absolute Gasteiger partial charge is 0.345 e. The topological polar surface area (TPSA) is 136 Å². The van der Waals surface area contributed by atoms with Crippen LogP contribution in [0.5, 0.6) is 5.75 Å². The number of anilines is 1. The lowest BCUT2D eigenvalue weighted by Crippen LogP contribution is -2.49. The minimum atomic E-state index is -1.99. The van der Waals surface area contributed by atoms with Crippen molar-refractivity contribution < 1.29 is 23.5 Å². The van der Waals surface area contributed by atoms with Crippen molar-refractivity contribution in [3.63, 3.8) is 0 Å². The van der Waals surface area contributed by atoms with Crippen molar-refractivity contribution in [3.8, 4) is 11.8 Å². The van der Waals surface area contributed by atoms with E-state index in [1.807, 2.05) is 6.07 Å². The normalized spacial score (nSPS) is 18.6. The molecule has 2 aliphatic rings. The molecule has 10 heteroatoms. The van der Waals surface area contributed by atoms with Crippen molar-refractivity contribution in [2.75, 3.05) is 11.4 Å². The van der Waals surface area contributed by atoms with E-state index in [9.17, 15) is 19.6 Å². The first-order valence-electron chi connectivity index (χ1n) is 11.0. The summed E-state index contributed by atoms with van der Waals surface area (Å²) in [5, 5.41) is 10.6. The molecule has 0 saturated heterocycles. The van der Waals surface area contributed by atoms with Crippen LogP contribution in [-0.4, -0.2) is 24.0 Å². The van der Waals surface area contributed by atoms with E-state index >= 15 is 0 Å².